The molecule has 4 aromatic carbocycles. The minimum absolute atomic E-state index is 0.0715. The number of nitrogens with one attached hydrogen (secondary N) is 1. The lowest BCUT2D eigenvalue weighted by Gasteiger charge is -2.33. The van der Waals surface area contributed by atoms with Gasteiger partial charge in [0.05, 0.1) is 11.7 Å². The number of ether oxygens (including phenoxy) is 1. The van der Waals surface area contributed by atoms with Crippen molar-refractivity contribution >= 4 is 16.7 Å². The maximum atomic E-state index is 14.2. The molecule has 0 saturated carbocycles. The Kier molecular flexibility index (Phi) is 7.24. The summed E-state index contributed by atoms with van der Waals surface area (Å²) in [6.07, 6.45) is 2.77. The summed E-state index contributed by atoms with van der Waals surface area (Å²) in [4.78, 5) is 11.4. The number of carboxylic acid groups (broad SMARTS) is 1. The molecule has 2 N–H and O–H groups in total. The van der Waals surface area contributed by atoms with E-state index in [4.69, 9.17) is 4.74 Å². The molecule has 0 fully saturated rings. The fourth-order valence-electron chi connectivity index (χ4n) is 5.59. The third-order valence-corrected chi connectivity index (χ3v) is 7.50. The molecule has 0 saturated heterocycles. The van der Waals surface area contributed by atoms with Gasteiger partial charge in [0.15, 0.2) is 0 Å². The van der Waals surface area contributed by atoms with Gasteiger partial charge < -0.3 is 15.2 Å². The molecule has 1 aliphatic heterocycles. The molecule has 0 radical (unpaired) electrons. The van der Waals surface area contributed by atoms with Crippen LogP contribution in [0.3, 0.4) is 0 Å². The van der Waals surface area contributed by atoms with Crippen molar-refractivity contribution in [2.75, 3.05) is 6.54 Å². The average molecular weight is 498 g/mol. The largest absolute Gasteiger partial charge is 0.490 e. The summed E-state index contributed by atoms with van der Waals surface area (Å²) in [5.74, 6) is -0.0289. The summed E-state index contributed by atoms with van der Waals surface area (Å²) in [7, 11) is 0. The maximum Gasteiger partial charge on any atom is 0.335 e. The van der Waals surface area contributed by atoms with Crippen LogP contribution in [-0.4, -0.2) is 23.7 Å². The fraction of sp³-hybridized carbons (Fsp3) is 0.281. The Morgan fingerprint density at radius 2 is 1.78 bits per heavy atom. The zero-order chi connectivity index (χ0) is 25.9. The van der Waals surface area contributed by atoms with E-state index in [0.29, 0.717) is 10.9 Å². The minimum atomic E-state index is -0.907. The Labute approximate surface area is 217 Å². The van der Waals surface area contributed by atoms with E-state index in [1.165, 1.54) is 0 Å². The number of halogens is 1. The molecule has 5 heteroatoms. The van der Waals surface area contributed by atoms with Crippen molar-refractivity contribution in [3.63, 3.8) is 0 Å². The molecule has 190 valence electrons. The predicted molar refractivity (Wildman–Crippen MR) is 145 cm³/mol. The highest BCUT2D eigenvalue weighted by Crippen LogP contribution is 2.42. The smallest absolute Gasteiger partial charge is 0.335 e. The summed E-state index contributed by atoms with van der Waals surface area (Å²) >= 11 is 0. The summed E-state index contributed by atoms with van der Waals surface area (Å²) in [5.41, 5.74) is 4.70. The van der Waals surface area contributed by atoms with E-state index in [-0.39, 0.29) is 23.9 Å². The van der Waals surface area contributed by atoms with Crippen molar-refractivity contribution < 1.29 is 19.0 Å². The zero-order valence-corrected chi connectivity index (χ0v) is 21.2. The quantitative estimate of drug-likeness (QED) is 0.249. The number of aromatic carboxylic acids is 1. The van der Waals surface area contributed by atoms with E-state index in [1.54, 1.807) is 18.2 Å². The van der Waals surface area contributed by atoms with Gasteiger partial charge in [-0.3, -0.25) is 0 Å². The van der Waals surface area contributed by atoms with Gasteiger partial charge in [0, 0.05) is 22.9 Å². The number of hydrogen-bond acceptors (Lipinski definition) is 3. The normalized spacial score (nSPS) is 17.7. The van der Waals surface area contributed by atoms with Crippen LogP contribution in [0.15, 0.2) is 78.9 Å². The Hall–Kier alpha value is -3.70. The topological polar surface area (TPSA) is 58.6 Å². The molecule has 0 bridgehead atoms. The lowest BCUT2D eigenvalue weighted by atomic mass is 9.81. The molecule has 37 heavy (non-hydrogen) atoms. The summed E-state index contributed by atoms with van der Waals surface area (Å²) in [6, 6.07) is 24.7. The highest BCUT2D eigenvalue weighted by Gasteiger charge is 2.30. The molecule has 0 amide bonds. The molecule has 0 aliphatic carbocycles. The number of hydrogen-bond donors (Lipinski definition) is 2. The van der Waals surface area contributed by atoms with Gasteiger partial charge in [0.1, 0.15) is 11.6 Å². The summed E-state index contributed by atoms with van der Waals surface area (Å²) in [6.45, 7) is 4.93. The first kappa shape index (κ1) is 25.0. The van der Waals surface area contributed by atoms with E-state index >= 15 is 0 Å². The van der Waals surface area contributed by atoms with Crippen LogP contribution in [-0.2, 0) is 0 Å². The standard InChI is InChI=1S/C32H32FNO3/c1-20-18-22(32(35)36)13-14-24(20)29-19-23(37-31-12-6-5-11-28(29)31)8-7-17-34-21(2)25-15-16-30(33)27-10-4-3-9-26(25)27/h3-6,9-16,18,21,23,29,34H,7-8,17,19H2,1-2H3,(H,35,36). The molecule has 4 nitrogen and oxygen atoms in total. The maximum absolute atomic E-state index is 14.2. The van der Waals surface area contributed by atoms with Gasteiger partial charge in [-0.05, 0) is 86.0 Å². The second kappa shape index (κ2) is 10.7. The van der Waals surface area contributed by atoms with Crippen LogP contribution in [0, 0.1) is 12.7 Å². The minimum Gasteiger partial charge on any atom is -0.490 e. The van der Waals surface area contributed by atoms with Crippen LogP contribution >= 0.6 is 0 Å². The van der Waals surface area contributed by atoms with Crippen molar-refractivity contribution in [2.24, 2.45) is 0 Å². The average Bonchev–Trinajstić information content (AvgIpc) is 2.91. The number of para-hydroxylation sites is 1. The van der Waals surface area contributed by atoms with Crippen molar-refractivity contribution in [1.82, 2.24) is 5.32 Å². The van der Waals surface area contributed by atoms with Crippen LogP contribution in [0.5, 0.6) is 5.75 Å². The lowest BCUT2D eigenvalue weighted by molar-refractivity contribution is 0.0696. The number of rotatable bonds is 8. The molecular formula is C32H32FNO3. The number of fused-ring (bicyclic) bond motifs is 2. The number of aryl methyl sites for hydroxylation is 1. The Morgan fingerprint density at radius 1 is 1.03 bits per heavy atom. The Balaban J connectivity index is 1.25. The van der Waals surface area contributed by atoms with Crippen molar-refractivity contribution in [2.45, 2.75) is 51.2 Å². The molecule has 3 atom stereocenters. The number of benzene rings is 4. The van der Waals surface area contributed by atoms with Crippen molar-refractivity contribution in [1.29, 1.82) is 0 Å². The van der Waals surface area contributed by atoms with Crippen LogP contribution in [0.1, 0.15) is 70.8 Å². The van der Waals surface area contributed by atoms with E-state index in [2.05, 4.69) is 18.3 Å². The van der Waals surface area contributed by atoms with Gasteiger partial charge in [-0.2, -0.15) is 0 Å². The Bertz CT molecular complexity index is 1430. The van der Waals surface area contributed by atoms with E-state index in [0.717, 1.165) is 59.2 Å². The highest BCUT2D eigenvalue weighted by molar-refractivity contribution is 5.88. The van der Waals surface area contributed by atoms with Gasteiger partial charge in [0.25, 0.3) is 0 Å². The second-order valence-corrected chi connectivity index (χ2v) is 9.94. The number of carboxylic acids is 1. The number of carbonyl (C=O) groups is 1. The molecule has 5 rings (SSSR count). The SMILES string of the molecule is Cc1cc(C(=O)O)ccc1C1CC(CCCNC(C)c2ccc(F)c3ccccc23)Oc2ccccc21. The molecule has 4 aromatic rings. The molecule has 3 unspecified atom stereocenters. The van der Waals surface area contributed by atoms with Gasteiger partial charge in [-0.15, -0.1) is 0 Å². The van der Waals surface area contributed by atoms with Gasteiger partial charge in [0.2, 0.25) is 0 Å². The first-order valence-electron chi connectivity index (χ1n) is 12.9. The zero-order valence-electron chi connectivity index (χ0n) is 21.2. The van der Waals surface area contributed by atoms with Crippen LogP contribution in [0.2, 0.25) is 0 Å². The highest BCUT2D eigenvalue weighted by atomic mass is 19.1. The summed E-state index contributed by atoms with van der Waals surface area (Å²) in [5, 5.41) is 14.6. The van der Waals surface area contributed by atoms with Gasteiger partial charge >= 0.3 is 5.97 Å². The molecule has 1 aliphatic rings. The monoisotopic (exact) mass is 497 g/mol. The first-order chi connectivity index (χ1) is 17.9. The van der Waals surface area contributed by atoms with Crippen LogP contribution < -0.4 is 10.1 Å². The van der Waals surface area contributed by atoms with E-state index in [9.17, 15) is 14.3 Å². The Morgan fingerprint density at radius 3 is 2.57 bits per heavy atom. The predicted octanol–water partition coefficient (Wildman–Crippen LogP) is 7.40. The van der Waals surface area contributed by atoms with Crippen LogP contribution in [0.4, 0.5) is 4.39 Å². The third kappa shape index (κ3) is 5.23. The molecule has 0 aromatic heterocycles. The lowest BCUT2D eigenvalue weighted by Crippen LogP contribution is -2.28. The van der Waals surface area contributed by atoms with Crippen LogP contribution in [0.25, 0.3) is 10.8 Å². The van der Waals surface area contributed by atoms with E-state index in [1.807, 2.05) is 61.5 Å². The van der Waals surface area contributed by atoms with Gasteiger partial charge in [-0.25, -0.2) is 9.18 Å². The second-order valence-electron chi connectivity index (χ2n) is 9.94. The van der Waals surface area contributed by atoms with Gasteiger partial charge in [-0.1, -0.05) is 54.6 Å². The molecule has 0 spiro atoms. The fourth-order valence-corrected chi connectivity index (χ4v) is 5.59. The first-order valence-corrected chi connectivity index (χ1v) is 12.9. The van der Waals surface area contributed by atoms with E-state index < -0.39 is 5.97 Å². The molecular weight excluding hydrogens is 465 g/mol. The third-order valence-electron chi connectivity index (χ3n) is 7.50. The molecule has 1 heterocycles. The van der Waals surface area contributed by atoms with Crippen molar-refractivity contribution in [3.05, 3.63) is 112 Å². The summed E-state index contributed by atoms with van der Waals surface area (Å²) < 4.78 is 20.6. The van der Waals surface area contributed by atoms with Crippen molar-refractivity contribution in [3.8, 4) is 5.75 Å².